The Kier molecular flexibility index (Phi) is 5.87. The summed E-state index contributed by atoms with van der Waals surface area (Å²) in [5.41, 5.74) is 7.71. The summed E-state index contributed by atoms with van der Waals surface area (Å²) in [4.78, 5) is 14.0. The van der Waals surface area contributed by atoms with Gasteiger partial charge in [0.15, 0.2) is 0 Å². The van der Waals surface area contributed by atoms with Crippen molar-refractivity contribution in [2.24, 2.45) is 5.92 Å². The maximum atomic E-state index is 12.1. The molecule has 0 fully saturated rings. The molecule has 106 valence electrons. The number of nitrogens with two attached hydrogens (primary N) is 1. The highest BCUT2D eigenvalue weighted by Gasteiger charge is 2.16. The number of hydrogen-bond donors (Lipinski definition) is 1. The molecule has 1 rings (SSSR count). The van der Waals surface area contributed by atoms with Crippen molar-refractivity contribution in [2.75, 3.05) is 12.8 Å². The molecule has 1 amide bonds. The largest absolute Gasteiger partial charge is 0.399 e. The zero-order valence-corrected chi connectivity index (χ0v) is 12.5. The summed E-state index contributed by atoms with van der Waals surface area (Å²) < 4.78 is 0. The second kappa shape index (κ2) is 7.17. The predicted octanol–water partition coefficient (Wildman–Crippen LogP) is 3.09. The zero-order valence-electron chi connectivity index (χ0n) is 12.5. The number of nitrogens with zero attached hydrogens (tertiary/aromatic N) is 1. The van der Waals surface area contributed by atoms with Crippen LogP contribution >= 0.6 is 0 Å². The van der Waals surface area contributed by atoms with E-state index in [4.69, 9.17) is 5.73 Å². The first-order chi connectivity index (χ1) is 8.91. The lowest BCUT2D eigenvalue weighted by Crippen LogP contribution is -2.36. The highest BCUT2D eigenvalue weighted by molar-refractivity contribution is 5.76. The van der Waals surface area contributed by atoms with Crippen molar-refractivity contribution in [3.05, 3.63) is 29.8 Å². The van der Waals surface area contributed by atoms with Crippen LogP contribution in [0.4, 0.5) is 5.69 Å². The molecule has 1 atom stereocenters. The lowest BCUT2D eigenvalue weighted by Gasteiger charge is -2.26. The van der Waals surface area contributed by atoms with Gasteiger partial charge in [0.05, 0.1) is 0 Å². The summed E-state index contributed by atoms with van der Waals surface area (Å²) in [6.45, 7) is 6.47. The lowest BCUT2D eigenvalue weighted by atomic mass is 10.0. The summed E-state index contributed by atoms with van der Waals surface area (Å²) in [5.74, 6) is 0.798. The van der Waals surface area contributed by atoms with Gasteiger partial charge in [0.2, 0.25) is 5.91 Å². The van der Waals surface area contributed by atoms with Crippen molar-refractivity contribution in [3.8, 4) is 0 Å². The fourth-order valence-corrected chi connectivity index (χ4v) is 2.27. The molecule has 1 aromatic carbocycles. The van der Waals surface area contributed by atoms with E-state index >= 15 is 0 Å². The SMILES string of the molecule is CC(C)CC(C)N(C)C(=O)CCc1ccccc1N. The average Bonchev–Trinajstić information content (AvgIpc) is 2.35. The molecule has 0 heterocycles. The summed E-state index contributed by atoms with van der Waals surface area (Å²) >= 11 is 0. The van der Waals surface area contributed by atoms with E-state index in [-0.39, 0.29) is 5.91 Å². The van der Waals surface area contributed by atoms with Crippen LogP contribution in [0.3, 0.4) is 0 Å². The van der Waals surface area contributed by atoms with Crippen LogP contribution in [0.25, 0.3) is 0 Å². The Labute approximate surface area is 116 Å². The molecule has 0 saturated heterocycles. The molecule has 2 N–H and O–H groups in total. The first kappa shape index (κ1) is 15.5. The summed E-state index contributed by atoms with van der Waals surface area (Å²) in [6, 6.07) is 8.03. The third-order valence-corrected chi connectivity index (χ3v) is 3.53. The molecule has 0 aliphatic rings. The maximum Gasteiger partial charge on any atom is 0.222 e. The first-order valence-electron chi connectivity index (χ1n) is 7.00. The van der Waals surface area contributed by atoms with E-state index in [1.165, 1.54) is 0 Å². The Morgan fingerprint density at radius 1 is 1.26 bits per heavy atom. The van der Waals surface area contributed by atoms with Crippen LogP contribution < -0.4 is 5.73 Å². The van der Waals surface area contributed by atoms with Gasteiger partial charge < -0.3 is 10.6 Å². The molecule has 0 aliphatic carbocycles. The summed E-state index contributed by atoms with van der Waals surface area (Å²) in [7, 11) is 1.89. The summed E-state index contributed by atoms with van der Waals surface area (Å²) in [5, 5.41) is 0. The Morgan fingerprint density at radius 3 is 2.47 bits per heavy atom. The molecule has 3 heteroatoms. The van der Waals surface area contributed by atoms with Gasteiger partial charge in [-0.1, -0.05) is 32.0 Å². The van der Waals surface area contributed by atoms with Crippen molar-refractivity contribution in [3.63, 3.8) is 0 Å². The van der Waals surface area contributed by atoms with E-state index in [1.807, 2.05) is 36.2 Å². The standard InChI is InChI=1S/C16H26N2O/c1-12(2)11-13(3)18(4)16(19)10-9-14-7-5-6-8-15(14)17/h5-8,12-13H,9-11,17H2,1-4H3. The highest BCUT2D eigenvalue weighted by atomic mass is 16.2. The van der Waals surface area contributed by atoms with E-state index in [0.717, 1.165) is 17.7 Å². The van der Waals surface area contributed by atoms with Crippen molar-refractivity contribution < 1.29 is 4.79 Å². The van der Waals surface area contributed by atoms with Crippen molar-refractivity contribution in [1.29, 1.82) is 0 Å². The quantitative estimate of drug-likeness (QED) is 0.801. The molecule has 0 bridgehead atoms. The number of carbonyl (C=O) groups excluding carboxylic acids is 1. The number of rotatable bonds is 6. The second-order valence-corrected chi connectivity index (χ2v) is 5.68. The van der Waals surface area contributed by atoms with Gasteiger partial charge in [0, 0.05) is 25.2 Å². The van der Waals surface area contributed by atoms with Crippen LogP contribution in [0.2, 0.25) is 0 Å². The molecule has 0 spiro atoms. The fourth-order valence-electron chi connectivity index (χ4n) is 2.27. The number of amides is 1. The van der Waals surface area contributed by atoms with E-state index in [9.17, 15) is 4.79 Å². The van der Waals surface area contributed by atoms with Crippen LogP contribution in [0, 0.1) is 5.92 Å². The van der Waals surface area contributed by atoms with Crippen LogP contribution in [-0.4, -0.2) is 23.9 Å². The average molecular weight is 262 g/mol. The lowest BCUT2D eigenvalue weighted by molar-refractivity contribution is -0.131. The van der Waals surface area contributed by atoms with Gasteiger partial charge in [-0.15, -0.1) is 0 Å². The number of para-hydroxylation sites is 1. The zero-order chi connectivity index (χ0) is 14.4. The maximum absolute atomic E-state index is 12.1. The van der Waals surface area contributed by atoms with Gasteiger partial charge in [0.25, 0.3) is 0 Å². The van der Waals surface area contributed by atoms with Crippen molar-refractivity contribution in [1.82, 2.24) is 4.90 Å². The number of carbonyl (C=O) groups is 1. The Balaban J connectivity index is 2.49. The van der Waals surface area contributed by atoms with Crippen molar-refractivity contribution >= 4 is 11.6 Å². The van der Waals surface area contributed by atoms with E-state index in [2.05, 4.69) is 20.8 Å². The summed E-state index contributed by atoms with van der Waals surface area (Å²) in [6.07, 6.45) is 2.27. The second-order valence-electron chi connectivity index (χ2n) is 5.68. The number of benzene rings is 1. The predicted molar refractivity (Wildman–Crippen MR) is 80.9 cm³/mol. The van der Waals surface area contributed by atoms with Crippen LogP contribution in [0.15, 0.2) is 24.3 Å². The minimum atomic E-state index is 0.191. The topological polar surface area (TPSA) is 46.3 Å². The molecular weight excluding hydrogens is 236 g/mol. The third-order valence-electron chi connectivity index (χ3n) is 3.53. The van der Waals surface area contributed by atoms with Gasteiger partial charge in [0.1, 0.15) is 0 Å². The van der Waals surface area contributed by atoms with E-state index in [0.29, 0.717) is 24.8 Å². The molecule has 0 aromatic heterocycles. The normalized spacial score (nSPS) is 12.5. The molecule has 3 nitrogen and oxygen atoms in total. The Hall–Kier alpha value is -1.51. The Morgan fingerprint density at radius 2 is 1.89 bits per heavy atom. The van der Waals surface area contributed by atoms with E-state index in [1.54, 1.807) is 0 Å². The van der Waals surface area contributed by atoms with Crippen LogP contribution in [-0.2, 0) is 11.2 Å². The van der Waals surface area contributed by atoms with Gasteiger partial charge in [-0.2, -0.15) is 0 Å². The molecule has 1 unspecified atom stereocenters. The monoisotopic (exact) mass is 262 g/mol. The first-order valence-corrected chi connectivity index (χ1v) is 7.00. The molecular formula is C16H26N2O. The number of aryl methyl sites for hydroxylation is 1. The number of nitrogen functional groups attached to an aromatic ring is 1. The Bertz CT molecular complexity index is 415. The molecule has 0 radical (unpaired) electrons. The van der Waals surface area contributed by atoms with Crippen LogP contribution in [0.1, 0.15) is 39.2 Å². The number of hydrogen-bond acceptors (Lipinski definition) is 2. The van der Waals surface area contributed by atoms with Gasteiger partial charge in [-0.25, -0.2) is 0 Å². The van der Waals surface area contributed by atoms with Gasteiger partial charge in [-0.3, -0.25) is 4.79 Å². The molecule has 0 saturated carbocycles. The van der Waals surface area contributed by atoms with Gasteiger partial charge in [-0.05, 0) is 37.3 Å². The number of anilines is 1. The fraction of sp³-hybridized carbons (Fsp3) is 0.562. The molecule has 1 aromatic rings. The molecule has 19 heavy (non-hydrogen) atoms. The minimum absolute atomic E-state index is 0.191. The minimum Gasteiger partial charge on any atom is -0.399 e. The van der Waals surface area contributed by atoms with Crippen molar-refractivity contribution in [2.45, 2.75) is 46.1 Å². The van der Waals surface area contributed by atoms with Gasteiger partial charge >= 0.3 is 0 Å². The smallest absolute Gasteiger partial charge is 0.222 e. The van der Waals surface area contributed by atoms with Crippen LogP contribution in [0.5, 0.6) is 0 Å². The highest BCUT2D eigenvalue weighted by Crippen LogP contribution is 2.15. The third kappa shape index (κ3) is 4.93. The van der Waals surface area contributed by atoms with E-state index < -0.39 is 0 Å². The molecule has 0 aliphatic heterocycles.